The lowest BCUT2D eigenvalue weighted by atomic mass is 10.0. The fraction of sp³-hybridized carbons (Fsp3) is 0.611. The van der Waals surface area contributed by atoms with Crippen molar-refractivity contribution >= 4 is 11.7 Å². The van der Waals surface area contributed by atoms with Crippen molar-refractivity contribution in [2.24, 2.45) is 0 Å². The van der Waals surface area contributed by atoms with Crippen molar-refractivity contribution in [3.63, 3.8) is 0 Å². The minimum atomic E-state index is 0.0333. The number of piperidine rings is 1. The highest BCUT2D eigenvalue weighted by Gasteiger charge is 2.26. The zero-order valence-corrected chi connectivity index (χ0v) is 14.7. The van der Waals surface area contributed by atoms with E-state index in [4.69, 9.17) is 4.98 Å². The van der Waals surface area contributed by atoms with Crippen LogP contribution >= 0.6 is 0 Å². The highest BCUT2D eigenvalue weighted by atomic mass is 16.2. The SMILES string of the molecule is C=CC(=O)N(CC)C1CCN(c2cc(C)nc(C(C)C)n2)CC1. The molecule has 0 atom stereocenters. The van der Waals surface area contributed by atoms with Crippen LogP contribution in [0.3, 0.4) is 0 Å². The van der Waals surface area contributed by atoms with Gasteiger partial charge in [0.1, 0.15) is 11.6 Å². The van der Waals surface area contributed by atoms with Gasteiger partial charge in [-0.05, 0) is 32.8 Å². The summed E-state index contributed by atoms with van der Waals surface area (Å²) < 4.78 is 0. The third-order valence-electron chi connectivity index (χ3n) is 4.40. The summed E-state index contributed by atoms with van der Waals surface area (Å²) >= 11 is 0. The van der Waals surface area contributed by atoms with Gasteiger partial charge in [0.2, 0.25) is 5.91 Å². The summed E-state index contributed by atoms with van der Waals surface area (Å²) in [7, 11) is 0. The summed E-state index contributed by atoms with van der Waals surface area (Å²) in [6, 6.07) is 2.35. The molecule has 1 saturated heterocycles. The van der Waals surface area contributed by atoms with E-state index >= 15 is 0 Å². The molecule has 2 rings (SSSR count). The van der Waals surface area contributed by atoms with E-state index in [1.165, 1.54) is 6.08 Å². The molecule has 0 unspecified atom stereocenters. The van der Waals surface area contributed by atoms with Gasteiger partial charge in [0.15, 0.2) is 0 Å². The second-order valence-electron chi connectivity index (χ2n) is 6.43. The molecule has 1 aliphatic heterocycles. The van der Waals surface area contributed by atoms with Gasteiger partial charge in [-0.1, -0.05) is 20.4 Å². The van der Waals surface area contributed by atoms with Crippen LogP contribution in [0.2, 0.25) is 0 Å². The number of aromatic nitrogens is 2. The van der Waals surface area contributed by atoms with Crippen LogP contribution in [0.5, 0.6) is 0 Å². The zero-order chi connectivity index (χ0) is 17.0. The first-order valence-corrected chi connectivity index (χ1v) is 8.49. The van der Waals surface area contributed by atoms with Crippen LogP contribution in [0.1, 0.15) is 51.0 Å². The molecule has 0 aliphatic carbocycles. The lowest BCUT2D eigenvalue weighted by molar-refractivity contribution is -0.128. The van der Waals surface area contributed by atoms with Gasteiger partial charge in [-0.25, -0.2) is 9.97 Å². The number of anilines is 1. The van der Waals surface area contributed by atoms with Crippen molar-refractivity contribution in [1.29, 1.82) is 0 Å². The van der Waals surface area contributed by atoms with Crippen LogP contribution < -0.4 is 4.90 Å². The van der Waals surface area contributed by atoms with Gasteiger partial charge in [0, 0.05) is 43.4 Å². The van der Waals surface area contributed by atoms with Crippen molar-refractivity contribution in [2.45, 2.75) is 52.5 Å². The molecule has 23 heavy (non-hydrogen) atoms. The number of nitrogens with zero attached hydrogens (tertiary/aromatic N) is 4. The molecule has 1 aromatic heterocycles. The lowest BCUT2D eigenvalue weighted by Crippen LogP contribution is -2.47. The van der Waals surface area contributed by atoms with Crippen molar-refractivity contribution in [3.05, 3.63) is 30.2 Å². The van der Waals surface area contributed by atoms with Gasteiger partial charge in [-0.15, -0.1) is 0 Å². The van der Waals surface area contributed by atoms with Gasteiger partial charge < -0.3 is 9.80 Å². The maximum atomic E-state index is 11.9. The minimum absolute atomic E-state index is 0.0333. The average Bonchev–Trinajstić information content (AvgIpc) is 2.55. The van der Waals surface area contributed by atoms with E-state index < -0.39 is 0 Å². The summed E-state index contributed by atoms with van der Waals surface area (Å²) in [4.78, 5) is 25.4. The Morgan fingerprint density at radius 1 is 1.43 bits per heavy atom. The monoisotopic (exact) mass is 316 g/mol. The van der Waals surface area contributed by atoms with E-state index in [1.54, 1.807) is 0 Å². The third kappa shape index (κ3) is 4.09. The first kappa shape index (κ1) is 17.4. The summed E-state index contributed by atoms with van der Waals surface area (Å²) in [5.74, 6) is 2.27. The number of aryl methyl sites for hydroxylation is 1. The van der Waals surface area contributed by atoms with Crippen molar-refractivity contribution < 1.29 is 4.79 Å². The number of rotatable bonds is 5. The molecule has 1 aliphatic rings. The van der Waals surface area contributed by atoms with Crippen molar-refractivity contribution in [1.82, 2.24) is 14.9 Å². The van der Waals surface area contributed by atoms with E-state index in [0.29, 0.717) is 12.0 Å². The molecule has 5 nitrogen and oxygen atoms in total. The third-order valence-corrected chi connectivity index (χ3v) is 4.40. The predicted molar refractivity (Wildman–Crippen MR) is 93.7 cm³/mol. The highest BCUT2D eigenvalue weighted by Crippen LogP contribution is 2.23. The van der Waals surface area contributed by atoms with Crippen molar-refractivity contribution in [3.8, 4) is 0 Å². The normalized spacial score (nSPS) is 15.8. The summed E-state index contributed by atoms with van der Waals surface area (Å²) in [6.07, 6.45) is 3.35. The highest BCUT2D eigenvalue weighted by molar-refractivity contribution is 5.87. The van der Waals surface area contributed by atoms with Crippen LogP contribution in [0.4, 0.5) is 5.82 Å². The molecule has 0 radical (unpaired) electrons. The first-order chi connectivity index (χ1) is 11.0. The summed E-state index contributed by atoms with van der Waals surface area (Å²) in [5.41, 5.74) is 1.01. The van der Waals surface area contributed by atoms with E-state index in [2.05, 4.69) is 36.4 Å². The summed E-state index contributed by atoms with van der Waals surface area (Å²) in [6.45, 7) is 14.4. The fourth-order valence-corrected chi connectivity index (χ4v) is 3.11. The second kappa shape index (κ2) is 7.57. The Labute approximate surface area is 139 Å². The molecular formula is C18H28N4O. The van der Waals surface area contributed by atoms with E-state index in [9.17, 15) is 4.79 Å². The van der Waals surface area contributed by atoms with Crippen LogP contribution in [0.25, 0.3) is 0 Å². The van der Waals surface area contributed by atoms with Crippen LogP contribution in [0.15, 0.2) is 18.7 Å². The van der Waals surface area contributed by atoms with Crippen molar-refractivity contribution in [2.75, 3.05) is 24.5 Å². The van der Waals surface area contributed by atoms with Gasteiger partial charge in [-0.2, -0.15) is 0 Å². The maximum Gasteiger partial charge on any atom is 0.246 e. The molecule has 1 aromatic rings. The molecule has 0 N–H and O–H groups in total. The maximum absolute atomic E-state index is 11.9. The van der Waals surface area contributed by atoms with E-state index in [-0.39, 0.29) is 5.91 Å². The fourth-order valence-electron chi connectivity index (χ4n) is 3.11. The predicted octanol–water partition coefficient (Wildman–Crippen LogP) is 2.91. The van der Waals surface area contributed by atoms with Crippen LogP contribution in [-0.2, 0) is 4.79 Å². The molecule has 126 valence electrons. The second-order valence-corrected chi connectivity index (χ2v) is 6.43. The number of carbonyl (C=O) groups excluding carboxylic acids is 1. The van der Waals surface area contributed by atoms with Gasteiger partial charge >= 0.3 is 0 Å². The quantitative estimate of drug-likeness (QED) is 0.784. The molecule has 5 heteroatoms. The Morgan fingerprint density at radius 2 is 2.09 bits per heavy atom. The molecule has 0 spiro atoms. The molecule has 1 amide bonds. The molecule has 2 heterocycles. The number of likely N-dealkylation sites (N-methyl/N-ethyl adjacent to an activating group) is 1. The molecule has 0 aromatic carbocycles. The smallest absolute Gasteiger partial charge is 0.246 e. The van der Waals surface area contributed by atoms with E-state index in [1.807, 2.05) is 18.7 Å². The Balaban J connectivity index is 2.07. The van der Waals surface area contributed by atoms with Gasteiger partial charge in [0.05, 0.1) is 0 Å². The minimum Gasteiger partial charge on any atom is -0.356 e. The Hall–Kier alpha value is -1.91. The Morgan fingerprint density at radius 3 is 2.61 bits per heavy atom. The number of hydrogen-bond donors (Lipinski definition) is 0. The average molecular weight is 316 g/mol. The first-order valence-electron chi connectivity index (χ1n) is 8.49. The standard InChI is InChI=1S/C18H28N4O/c1-6-17(23)22(7-2)15-8-10-21(11-9-15)16-12-14(5)19-18(20-16)13(3)4/h6,12-13,15H,1,7-11H2,2-5H3. The molecule has 0 bridgehead atoms. The van der Waals surface area contributed by atoms with E-state index in [0.717, 1.165) is 49.8 Å². The van der Waals surface area contributed by atoms with Gasteiger partial charge in [0.25, 0.3) is 0 Å². The lowest BCUT2D eigenvalue weighted by Gasteiger charge is -2.38. The largest absolute Gasteiger partial charge is 0.356 e. The number of hydrogen-bond acceptors (Lipinski definition) is 4. The van der Waals surface area contributed by atoms with Crippen LogP contribution in [0, 0.1) is 6.92 Å². The zero-order valence-electron chi connectivity index (χ0n) is 14.7. The van der Waals surface area contributed by atoms with Crippen LogP contribution in [-0.4, -0.2) is 46.5 Å². The Bertz CT molecular complexity index is 562. The summed E-state index contributed by atoms with van der Waals surface area (Å²) in [5, 5.41) is 0. The number of amides is 1. The topological polar surface area (TPSA) is 49.3 Å². The number of carbonyl (C=O) groups is 1. The molecular weight excluding hydrogens is 288 g/mol. The Kier molecular flexibility index (Phi) is 5.74. The molecule has 1 fully saturated rings. The molecule has 0 saturated carbocycles. The van der Waals surface area contributed by atoms with Gasteiger partial charge in [-0.3, -0.25) is 4.79 Å².